The van der Waals surface area contributed by atoms with Crippen LogP contribution >= 0.6 is 0 Å². The molecule has 2 fully saturated rings. The highest BCUT2D eigenvalue weighted by Crippen LogP contribution is 2.35. The number of nitrogens with one attached hydrogen (secondary N) is 1. The van der Waals surface area contributed by atoms with Gasteiger partial charge in [-0.15, -0.1) is 0 Å². The number of hydrogen-bond acceptors (Lipinski definition) is 7. The molecule has 0 radical (unpaired) electrons. The van der Waals surface area contributed by atoms with Gasteiger partial charge in [-0.2, -0.15) is 4.98 Å². The fourth-order valence-electron chi connectivity index (χ4n) is 4.84. The van der Waals surface area contributed by atoms with Gasteiger partial charge in [-0.25, -0.2) is 0 Å². The minimum absolute atomic E-state index is 0.0958. The van der Waals surface area contributed by atoms with Crippen molar-refractivity contribution in [2.75, 3.05) is 6.54 Å². The molecule has 0 spiro atoms. The monoisotopic (exact) mass is 451 g/mol. The second kappa shape index (κ2) is 8.09. The highest BCUT2D eigenvalue weighted by molar-refractivity contribution is 6.07. The zero-order valence-corrected chi connectivity index (χ0v) is 18.5. The zero-order chi connectivity index (χ0) is 23.3. The Bertz CT molecular complexity index is 1160. The fourth-order valence-corrected chi connectivity index (χ4v) is 4.84. The lowest BCUT2D eigenvalue weighted by Crippen LogP contribution is -2.52. The number of piperidine rings is 1. The molecule has 2 aromatic rings. The van der Waals surface area contributed by atoms with Gasteiger partial charge in [-0.05, 0) is 37.0 Å². The molecule has 3 aliphatic rings. The maximum absolute atomic E-state index is 13.6. The first-order valence-electron chi connectivity index (χ1n) is 11.3. The van der Waals surface area contributed by atoms with Gasteiger partial charge in [0.1, 0.15) is 6.04 Å². The number of nitrogens with zero attached hydrogens (tertiary/aromatic N) is 4. The maximum atomic E-state index is 13.6. The van der Waals surface area contributed by atoms with Gasteiger partial charge in [0.2, 0.25) is 17.7 Å². The number of imide groups is 1. The summed E-state index contributed by atoms with van der Waals surface area (Å²) in [4.78, 5) is 58.2. The second-order valence-corrected chi connectivity index (χ2v) is 9.03. The summed E-state index contributed by atoms with van der Waals surface area (Å²) in [5, 5.41) is 6.40. The molecule has 172 valence electrons. The van der Waals surface area contributed by atoms with E-state index >= 15 is 0 Å². The van der Waals surface area contributed by atoms with Crippen LogP contribution in [0.2, 0.25) is 0 Å². The van der Waals surface area contributed by atoms with Crippen LogP contribution in [0.1, 0.15) is 89.5 Å². The van der Waals surface area contributed by atoms with Crippen LogP contribution in [0.5, 0.6) is 0 Å². The van der Waals surface area contributed by atoms with Crippen LogP contribution in [0.3, 0.4) is 0 Å². The molecule has 0 saturated carbocycles. The van der Waals surface area contributed by atoms with E-state index in [-0.39, 0.29) is 49.1 Å². The predicted octanol–water partition coefficient (Wildman–Crippen LogP) is 1.93. The Morgan fingerprint density at radius 2 is 2.00 bits per heavy atom. The summed E-state index contributed by atoms with van der Waals surface area (Å²) >= 11 is 0. The van der Waals surface area contributed by atoms with Crippen molar-refractivity contribution in [1.29, 1.82) is 0 Å². The van der Waals surface area contributed by atoms with E-state index in [1.165, 1.54) is 4.90 Å². The van der Waals surface area contributed by atoms with Gasteiger partial charge >= 0.3 is 0 Å². The van der Waals surface area contributed by atoms with E-state index < -0.39 is 11.9 Å². The van der Waals surface area contributed by atoms with Crippen molar-refractivity contribution in [2.24, 2.45) is 0 Å². The molecule has 5 rings (SSSR count). The highest BCUT2D eigenvalue weighted by atomic mass is 16.5. The molecule has 4 heterocycles. The van der Waals surface area contributed by atoms with Crippen LogP contribution < -0.4 is 5.32 Å². The van der Waals surface area contributed by atoms with Crippen molar-refractivity contribution in [3.8, 4) is 0 Å². The summed E-state index contributed by atoms with van der Waals surface area (Å²) in [5.41, 5.74) is 1.47. The minimum Gasteiger partial charge on any atom is -0.339 e. The minimum atomic E-state index is -0.723. The second-order valence-electron chi connectivity index (χ2n) is 9.03. The number of likely N-dealkylation sites (tertiary alicyclic amines) is 1. The van der Waals surface area contributed by atoms with Crippen LogP contribution in [-0.4, -0.2) is 56.2 Å². The van der Waals surface area contributed by atoms with Crippen molar-refractivity contribution in [2.45, 2.75) is 64.1 Å². The normalized spacial score (nSPS) is 22.8. The lowest BCUT2D eigenvalue weighted by atomic mass is 10.0. The van der Waals surface area contributed by atoms with E-state index in [1.54, 1.807) is 23.1 Å². The van der Waals surface area contributed by atoms with Crippen LogP contribution in [0.4, 0.5) is 0 Å². The van der Waals surface area contributed by atoms with Gasteiger partial charge in [0.15, 0.2) is 5.82 Å². The first kappa shape index (κ1) is 21.3. The number of hydrogen-bond donors (Lipinski definition) is 1. The smallest absolute Gasteiger partial charge is 0.255 e. The summed E-state index contributed by atoms with van der Waals surface area (Å²) < 4.78 is 5.35. The lowest BCUT2D eigenvalue weighted by molar-refractivity contribution is -0.136. The average molecular weight is 451 g/mol. The van der Waals surface area contributed by atoms with Crippen LogP contribution in [0.25, 0.3) is 0 Å². The van der Waals surface area contributed by atoms with Crippen LogP contribution in [0, 0.1) is 0 Å². The largest absolute Gasteiger partial charge is 0.339 e. The molecule has 4 amide bonds. The number of fused-ring (bicyclic) bond motifs is 1. The third-order valence-corrected chi connectivity index (χ3v) is 6.58. The van der Waals surface area contributed by atoms with Gasteiger partial charge in [-0.1, -0.05) is 25.1 Å². The number of rotatable bonds is 4. The van der Waals surface area contributed by atoms with Crippen molar-refractivity contribution >= 4 is 23.6 Å². The Labute approximate surface area is 190 Å². The summed E-state index contributed by atoms with van der Waals surface area (Å²) in [7, 11) is 0. The summed E-state index contributed by atoms with van der Waals surface area (Å²) in [6.45, 7) is 4.64. The quantitative estimate of drug-likeness (QED) is 0.704. The number of aromatic nitrogens is 2. The number of carbonyl (C=O) groups excluding carboxylic acids is 4. The molecule has 2 saturated heterocycles. The van der Waals surface area contributed by atoms with E-state index in [0.717, 1.165) is 12.8 Å². The molecule has 0 aliphatic carbocycles. The lowest BCUT2D eigenvalue weighted by Gasteiger charge is -2.29. The van der Waals surface area contributed by atoms with Crippen LogP contribution in [0.15, 0.2) is 22.7 Å². The Morgan fingerprint density at radius 3 is 2.73 bits per heavy atom. The van der Waals surface area contributed by atoms with E-state index in [0.29, 0.717) is 35.0 Å². The Kier molecular flexibility index (Phi) is 5.22. The molecule has 33 heavy (non-hydrogen) atoms. The first-order chi connectivity index (χ1) is 15.8. The summed E-state index contributed by atoms with van der Waals surface area (Å²) in [6.07, 6.45) is 2.01. The standard InChI is InChI=1S/C23H25N5O5/c1-12(2)21-25-19(26-33-21)16-7-4-10-27(16)22(31)13-5-3-6-14-15(13)11-28(23(14)32)17-8-9-18(29)24-20(17)30/h3,5-6,12,16-17H,4,7-11H2,1-2H3,(H,24,29,30). The summed E-state index contributed by atoms with van der Waals surface area (Å²) in [5.74, 6) is -0.168. The maximum Gasteiger partial charge on any atom is 0.255 e. The van der Waals surface area contributed by atoms with Crippen molar-refractivity contribution in [1.82, 2.24) is 25.3 Å². The van der Waals surface area contributed by atoms with Gasteiger partial charge in [-0.3, -0.25) is 24.5 Å². The topological polar surface area (TPSA) is 126 Å². The molecule has 1 N–H and O–H groups in total. The Hall–Kier alpha value is -3.56. The number of benzene rings is 1. The van der Waals surface area contributed by atoms with Crippen molar-refractivity contribution in [3.63, 3.8) is 0 Å². The highest BCUT2D eigenvalue weighted by Gasteiger charge is 2.42. The molecule has 1 aromatic carbocycles. The van der Waals surface area contributed by atoms with Gasteiger partial charge in [0, 0.05) is 36.6 Å². The molecular weight excluding hydrogens is 426 g/mol. The van der Waals surface area contributed by atoms with Crippen LogP contribution in [-0.2, 0) is 16.1 Å². The Morgan fingerprint density at radius 1 is 1.18 bits per heavy atom. The van der Waals surface area contributed by atoms with E-state index in [4.69, 9.17) is 4.52 Å². The molecule has 1 aromatic heterocycles. The fraction of sp³-hybridized carbons (Fsp3) is 0.478. The van der Waals surface area contributed by atoms with Crippen molar-refractivity contribution in [3.05, 3.63) is 46.6 Å². The molecule has 10 nitrogen and oxygen atoms in total. The SMILES string of the molecule is CC(C)c1nc(C2CCCN2C(=O)c2cccc3c2CN(C2CCC(=O)NC2=O)C3=O)no1. The number of amides is 4. The van der Waals surface area contributed by atoms with E-state index in [1.807, 2.05) is 13.8 Å². The third kappa shape index (κ3) is 3.59. The van der Waals surface area contributed by atoms with Crippen molar-refractivity contribution < 1.29 is 23.7 Å². The third-order valence-electron chi connectivity index (χ3n) is 6.58. The molecule has 2 unspecified atom stereocenters. The molecular formula is C23H25N5O5. The Balaban J connectivity index is 1.41. The molecule has 0 bridgehead atoms. The van der Waals surface area contributed by atoms with Gasteiger partial charge < -0.3 is 14.3 Å². The van der Waals surface area contributed by atoms with Gasteiger partial charge in [0.25, 0.3) is 11.8 Å². The average Bonchev–Trinajstić information content (AvgIpc) is 3.52. The van der Waals surface area contributed by atoms with Gasteiger partial charge in [0.05, 0.1) is 6.04 Å². The van der Waals surface area contributed by atoms with E-state index in [9.17, 15) is 19.2 Å². The first-order valence-corrected chi connectivity index (χ1v) is 11.3. The number of carbonyl (C=O) groups is 4. The predicted molar refractivity (Wildman–Crippen MR) is 114 cm³/mol. The molecule has 3 aliphatic heterocycles. The van der Waals surface area contributed by atoms with E-state index in [2.05, 4.69) is 15.5 Å². The zero-order valence-electron chi connectivity index (χ0n) is 18.5. The molecule has 10 heteroatoms. The molecule has 2 atom stereocenters. The summed E-state index contributed by atoms with van der Waals surface area (Å²) in [6, 6.07) is 4.07.